The van der Waals surface area contributed by atoms with Gasteiger partial charge in [-0.05, 0) is 62.6 Å². The summed E-state index contributed by atoms with van der Waals surface area (Å²) in [5, 5.41) is 3.31. The van der Waals surface area contributed by atoms with Crippen LogP contribution in [0.15, 0.2) is 65.1 Å². The van der Waals surface area contributed by atoms with Crippen LogP contribution < -0.4 is 20.5 Å². The third-order valence-corrected chi connectivity index (χ3v) is 7.56. The number of hydrazine groups is 1. The molecule has 11 nitrogen and oxygen atoms in total. The summed E-state index contributed by atoms with van der Waals surface area (Å²) in [4.78, 5) is 37.2. The van der Waals surface area contributed by atoms with E-state index in [1.54, 1.807) is 12.1 Å². The maximum Gasteiger partial charge on any atom is 0.255 e. The molecule has 5 aromatic rings. The van der Waals surface area contributed by atoms with Gasteiger partial charge in [-0.15, -0.1) is 0 Å². The molecule has 0 aliphatic carbocycles. The van der Waals surface area contributed by atoms with Gasteiger partial charge in [-0.25, -0.2) is 17.2 Å². The number of anilines is 1. The number of benzene rings is 3. The summed E-state index contributed by atoms with van der Waals surface area (Å²) in [6, 6.07) is 14.4. The molecule has 0 aliphatic heterocycles. The molecule has 0 saturated heterocycles. The normalized spacial score (nSPS) is 10.5. The van der Waals surface area contributed by atoms with E-state index in [9.17, 15) is 31.6 Å². The van der Waals surface area contributed by atoms with Gasteiger partial charge in [0.1, 0.15) is 23.0 Å². The van der Waals surface area contributed by atoms with Gasteiger partial charge in [0.2, 0.25) is 10.0 Å². The Hall–Kier alpha value is -4.92. The Labute approximate surface area is 266 Å². The Balaban J connectivity index is 0.000000336. The number of halogens is 2. The van der Waals surface area contributed by atoms with Crippen LogP contribution in [0, 0.1) is 11.6 Å². The summed E-state index contributed by atoms with van der Waals surface area (Å²) in [6.07, 6.45) is 2.18. The molecular formula is C32H37F2N5O6S. The molecule has 0 radical (unpaired) electrons. The number of aromatic amines is 1. The van der Waals surface area contributed by atoms with Crippen LogP contribution >= 0.6 is 0 Å². The minimum Gasteiger partial charge on any atom is -0.455 e. The van der Waals surface area contributed by atoms with Crippen LogP contribution in [0.5, 0.6) is 0 Å². The lowest BCUT2D eigenvalue weighted by molar-refractivity contribution is 0.0964. The van der Waals surface area contributed by atoms with Crippen molar-refractivity contribution in [1.29, 1.82) is 0 Å². The van der Waals surface area contributed by atoms with Gasteiger partial charge in [-0.1, -0.05) is 19.9 Å². The molecule has 0 unspecified atom stereocenters. The number of aldehydes is 2. The summed E-state index contributed by atoms with van der Waals surface area (Å²) in [5.74, 6) is -1.02. The van der Waals surface area contributed by atoms with Crippen molar-refractivity contribution in [2.45, 2.75) is 13.8 Å². The quantitative estimate of drug-likeness (QED) is 0.136. The van der Waals surface area contributed by atoms with Gasteiger partial charge >= 0.3 is 0 Å². The molecule has 14 heteroatoms. The number of nitrogens with zero attached hydrogens (tertiary/aromatic N) is 1. The lowest BCUT2D eigenvalue weighted by Gasteiger charge is -2.18. The van der Waals surface area contributed by atoms with Gasteiger partial charge in [0.15, 0.2) is 12.6 Å². The van der Waals surface area contributed by atoms with Crippen molar-refractivity contribution in [1.82, 2.24) is 21.2 Å². The van der Waals surface area contributed by atoms with E-state index in [4.69, 9.17) is 4.42 Å². The third kappa shape index (κ3) is 8.84. The standard InChI is InChI=1S/C19H17FN2O5S.C9H6FNO.C2H8N2.C2H6/c1-21-19(24)17-14-8-12(10-23)15(22(2)28(3,25)26)9-16(14)27-18(17)11-4-6-13(20)7-5-11;10-8-2-1-3-9-7(8)4-6(5-12)11-9;1-3-4-2;1-2/h4-10H,1-3H3,(H,21,24);1-5,11H;3-4H,1-2H3;1-2H3. The van der Waals surface area contributed by atoms with Crippen molar-refractivity contribution in [3.05, 3.63) is 89.1 Å². The Morgan fingerprint density at radius 2 is 1.54 bits per heavy atom. The first kappa shape index (κ1) is 37.3. The van der Waals surface area contributed by atoms with E-state index in [1.165, 1.54) is 62.6 Å². The number of sulfonamides is 1. The summed E-state index contributed by atoms with van der Waals surface area (Å²) < 4.78 is 56.8. The molecular weight excluding hydrogens is 620 g/mol. The van der Waals surface area contributed by atoms with Gasteiger partial charge in [0.25, 0.3) is 5.91 Å². The highest BCUT2D eigenvalue weighted by Crippen LogP contribution is 2.37. The number of aromatic nitrogens is 1. The molecule has 2 aromatic heterocycles. The van der Waals surface area contributed by atoms with E-state index < -0.39 is 21.7 Å². The Morgan fingerprint density at radius 1 is 0.913 bits per heavy atom. The molecule has 4 N–H and O–H groups in total. The molecule has 0 bridgehead atoms. The molecule has 1 amide bonds. The van der Waals surface area contributed by atoms with Crippen molar-refractivity contribution in [3.8, 4) is 11.3 Å². The number of hydrogen-bond acceptors (Lipinski definition) is 8. The molecule has 5 rings (SSSR count). The SMILES string of the molecule is CC.CNC(=O)c1c(-c2ccc(F)cc2)oc2cc(N(C)S(C)(=O)=O)c(C=O)cc12.CNNC.O=Cc1cc2c(F)cccc2[nH]1. The molecule has 0 aliphatic rings. The average Bonchev–Trinajstić information content (AvgIpc) is 3.67. The minimum absolute atomic E-state index is 0.0806. The van der Waals surface area contributed by atoms with Crippen LogP contribution in [0.3, 0.4) is 0 Å². The number of hydrogen-bond donors (Lipinski definition) is 4. The van der Waals surface area contributed by atoms with Gasteiger partial charge in [0, 0.05) is 47.6 Å². The van der Waals surface area contributed by atoms with Gasteiger partial charge in [-0.2, -0.15) is 0 Å². The minimum atomic E-state index is -3.63. The van der Waals surface area contributed by atoms with E-state index in [0.29, 0.717) is 40.1 Å². The van der Waals surface area contributed by atoms with Crippen molar-refractivity contribution < 1.29 is 36.0 Å². The van der Waals surface area contributed by atoms with Crippen LogP contribution in [0.2, 0.25) is 0 Å². The van der Waals surface area contributed by atoms with E-state index in [1.807, 2.05) is 27.9 Å². The monoisotopic (exact) mass is 657 g/mol. The van der Waals surface area contributed by atoms with Crippen LogP contribution in [0.4, 0.5) is 14.5 Å². The second-order valence-electron chi connectivity index (χ2n) is 9.19. The Bertz CT molecular complexity index is 1900. The molecule has 46 heavy (non-hydrogen) atoms. The lowest BCUT2D eigenvalue weighted by atomic mass is 10.0. The first-order chi connectivity index (χ1) is 21.9. The highest BCUT2D eigenvalue weighted by atomic mass is 32.2. The van der Waals surface area contributed by atoms with E-state index in [-0.39, 0.29) is 34.0 Å². The summed E-state index contributed by atoms with van der Waals surface area (Å²) in [7, 11) is 2.77. The Morgan fingerprint density at radius 3 is 2.04 bits per heavy atom. The molecule has 0 atom stereocenters. The maximum absolute atomic E-state index is 13.3. The number of rotatable bonds is 7. The number of carbonyl (C=O) groups excluding carboxylic acids is 3. The second kappa shape index (κ2) is 17.0. The predicted octanol–water partition coefficient (Wildman–Crippen LogP) is 5.29. The average molecular weight is 658 g/mol. The zero-order valence-corrected chi connectivity index (χ0v) is 27.3. The van der Waals surface area contributed by atoms with Gasteiger partial charge in [0.05, 0.1) is 23.2 Å². The van der Waals surface area contributed by atoms with E-state index in [0.717, 1.165) is 10.6 Å². The van der Waals surface area contributed by atoms with Crippen LogP contribution in [-0.2, 0) is 10.0 Å². The highest BCUT2D eigenvalue weighted by Gasteiger charge is 2.25. The number of fused-ring (bicyclic) bond motifs is 2. The number of nitrogens with one attached hydrogen (secondary N) is 4. The van der Waals surface area contributed by atoms with Gasteiger partial charge < -0.3 is 14.7 Å². The summed E-state index contributed by atoms with van der Waals surface area (Å²) >= 11 is 0. The first-order valence-corrected chi connectivity index (χ1v) is 15.8. The predicted molar refractivity (Wildman–Crippen MR) is 177 cm³/mol. The molecule has 3 aromatic carbocycles. The fourth-order valence-corrected chi connectivity index (χ4v) is 4.57. The van der Waals surface area contributed by atoms with E-state index in [2.05, 4.69) is 21.2 Å². The molecule has 0 saturated carbocycles. The number of carbonyl (C=O) groups is 3. The Kier molecular flexibility index (Phi) is 13.7. The maximum atomic E-state index is 13.3. The fraction of sp³-hybridized carbons (Fsp3) is 0.219. The summed E-state index contributed by atoms with van der Waals surface area (Å²) in [6.45, 7) is 4.00. The highest BCUT2D eigenvalue weighted by molar-refractivity contribution is 7.92. The lowest BCUT2D eigenvalue weighted by Crippen LogP contribution is -2.25. The topological polar surface area (TPSA) is 154 Å². The molecule has 2 heterocycles. The number of furan rings is 1. The fourth-order valence-electron chi connectivity index (χ4n) is 4.05. The molecule has 0 fully saturated rings. The van der Waals surface area contributed by atoms with Crippen LogP contribution in [-0.4, -0.2) is 66.3 Å². The zero-order valence-electron chi connectivity index (χ0n) is 26.5. The van der Waals surface area contributed by atoms with Crippen LogP contribution in [0.25, 0.3) is 33.2 Å². The first-order valence-electron chi connectivity index (χ1n) is 13.9. The number of amides is 1. The van der Waals surface area contributed by atoms with Gasteiger partial charge in [-0.3, -0.25) is 29.5 Å². The van der Waals surface area contributed by atoms with Crippen molar-refractivity contribution in [2.75, 3.05) is 38.8 Å². The van der Waals surface area contributed by atoms with Crippen molar-refractivity contribution in [2.24, 2.45) is 0 Å². The largest absolute Gasteiger partial charge is 0.455 e. The summed E-state index contributed by atoms with van der Waals surface area (Å²) in [5.41, 5.74) is 7.45. The zero-order chi connectivity index (χ0) is 34.6. The number of H-pyrrole nitrogens is 1. The smallest absolute Gasteiger partial charge is 0.255 e. The van der Waals surface area contributed by atoms with Crippen molar-refractivity contribution in [3.63, 3.8) is 0 Å². The second-order valence-corrected chi connectivity index (χ2v) is 11.2. The molecule has 246 valence electrons. The van der Waals surface area contributed by atoms with E-state index >= 15 is 0 Å². The third-order valence-electron chi connectivity index (χ3n) is 6.37. The molecule has 0 spiro atoms. The van der Waals surface area contributed by atoms with Crippen molar-refractivity contribution >= 4 is 56.1 Å². The van der Waals surface area contributed by atoms with Crippen LogP contribution in [0.1, 0.15) is 45.1 Å².